The second-order valence-electron chi connectivity index (χ2n) is 13.2. The van der Waals surface area contributed by atoms with Crippen LogP contribution in [-0.4, -0.2) is 19.3 Å². The summed E-state index contributed by atoms with van der Waals surface area (Å²) >= 11 is 0. The van der Waals surface area contributed by atoms with E-state index in [4.69, 9.17) is 14.8 Å². The zero-order chi connectivity index (χ0) is 33.0. The Morgan fingerprint density at radius 2 is 1.46 bits per heavy atom. The number of hydrogen-bond acceptors (Lipinski definition) is 3. The average Bonchev–Trinajstić information content (AvgIpc) is 3.55. The minimum atomic E-state index is 0. The Bertz CT molecular complexity index is 2270. The molecule has 0 radical (unpaired) electrons. The fourth-order valence-corrected chi connectivity index (χ4v) is 6.76. The third-order valence-corrected chi connectivity index (χ3v) is 9.03. The van der Waals surface area contributed by atoms with Gasteiger partial charge in [-0.25, -0.2) is 4.98 Å². The number of hydrogen-bond donors (Lipinski definition) is 0. The molecule has 3 aromatic heterocycles. The van der Waals surface area contributed by atoms with Crippen LogP contribution in [0, 0.1) is 39.8 Å². The van der Waals surface area contributed by atoms with Crippen molar-refractivity contribution in [2.45, 2.75) is 67.2 Å². The fraction of sp³-hybridized carbons (Fsp3) is 0.238. The van der Waals surface area contributed by atoms with Gasteiger partial charge >= 0.3 is 20.4 Å². The van der Waals surface area contributed by atoms with E-state index in [2.05, 4.69) is 144 Å². The van der Waals surface area contributed by atoms with Gasteiger partial charge in [-0.05, 0) is 91.1 Å². The summed E-state index contributed by atoms with van der Waals surface area (Å²) in [6.07, 6.45) is 1.85. The first-order valence-corrected chi connectivity index (χ1v) is 16.4. The molecule has 48 heavy (non-hydrogen) atoms. The smallest absolute Gasteiger partial charge is 0.509 e. The zero-order valence-corrected chi connectivity index (χ0v) is 30.3. The molecular formula is C42H40N4OPd. The van der Waals surface area contributed by atoms with Crippen molar-refractivity contribution in [2.75, 3.05) is 0 Å². The maximum Gasteiger partial charge on any atom is 2.00 e. The Morgan fingerprint density at radius 1 is 0.708 bits per heavy atom. The van der Waals surface area contributed by atoms with E-state index in [0.29, 0.717) is 11.5 Å². The van der Waals surface area contributed by atoms with E-state index < -0.39 is 0 Å². The van der Waals surface area contributed by atoms with E-state index in [1.165, 1.54) is 27.9 Å². The summed E-state index contributed by atoms with van der Waals surface area (Å²) in [5.74, 6) is 2.63. The first-order chi connectivity index (χ1) is 22.6. The van der Waals surface area contributed by atoms with Gasteiger partial charge in [-0.1, -0.05) is 69.6 Å². The topological polar surface area (TPSA) is 44.9 Å². The van der Waals surface area contributed by atoms with Crippen LogP contribution in [0.3, 0.4) is 0 Å². The Kier molecular flexibility index (Phi) is 9.18. The minimum absolute atomic E-state index is 0. The van der Waals surface area contributed by atoms with Gasteiger partial charge in [-0.15, -0.1) is 41.3 Å². The molecule has 0 amide bonds. The molecule has 0 bridgehead atoms. The van der Waals surface area contributed by atoms with Crippen LogP contribution >= 0.6 is 0 Å². The van der Waals surface area contributed by atoms with E-state index in [0.717, 1.165) is 50.1 Å². The molecule has 0 saturated heterocycles. The van der Waals surface area contributed by atoms with Gasteiger partial charge in [0.2, 0.25) is 0 Å². The summed E-state index contributed by atoms with van der Waals surface area (Å²) in [5, 5.41) is 7.39. The van der Waals surface area contributed by atoms with Crippen molar-refractivity contribution in [1.82, 2.24) is 19.3 Å². The average molecular weight is 723 g/mol. The predicted octanol–water partition coefficient (Wildman–Crippen LogP) is 10.9. The summed E-state index contributed by atoms with van der Waals surface area (Å²) in [7, 11) is 0. The third-order valence-electron chi connectivity index (χ3n) is 9.03. The van der Waals surface area contributed by atoms with Crippen molar-refractivity contribution < 1.29 is 25.2 Å². The van der Waals surface area contributed by atoms with E-state index in [9.17, 15) is 0 Å². The molecule has 0 fully saturated rings. The predicted molar refractivity (Wildman–Crippen MR) is 192 cm³/mol. The van der Waals surface area contributed by atoms with Gasteiger partial charge in [-0.2, -0.15) is 11.2 Å². The summed E-state index contributed by atoms with van der Waals surface area (Å²) in [5.41, 5.74) is 12.3. The quantitative estimate of drug-likeness (QED) is 0.122. The molecule has 0 aliphatic heterocycles. The van der Waals surface area contributed by atoms with Crippen LogP contribution < -0.4 is 4.74 Å². The van der Waals surface area contributed by atoms with Gasteiger partial charge in [-0.3, -0.25) is 4.68 Å². The van der Waals surface area contributed by atoms with Crippen LogP contribution in [0.5, 0.6) is 11.5 Å². The van der Waals surface area contributed by atoms with E-state index in [-0.39, 0.29) is 32.3 Å². The van der Waals surface area contributed by atoms with Crippen molar-refractivity contribution in [1.29, 1.82) is 0 Å². The van der Waals surface area contributed by atoms with Gasteiger partial charge in [0.15, 0.2) is 0 Å². The van der Waals surface area contributed by atoms with E-state index in [1.807, 2.05) is 18.3 Å². The van der Waals surface area contributed by atoms with Crippen molar-refractivity contribution in [3.8, 4) is 34.1 Å². The molecule has 6 heteroatoms. The number of ether oxygens (including phenoxy) is 1. The number of pyridine rings is 1. The van der Waals surface area contributed by atoms with Crippen molar-refractivity contribution in [3.05, 3.63) is 131 Å². The van der Waals surface area contributed by atoms with Crippen LogP contribution in [0.2, 0.25) is 0 Å². The van der Waals surface area contributed by atoms with Crippen LogP contribution in [0.25, 0.3) is 44.4 Å². The van der Waals surface area contributed by atoms with Crippen molar-refractivity contribution >= 4 is 21.8 Å². The molecule has 0 unspecified atom stereocenters. The normalized spacial score (nSPS) is 11.5. The number of aryl methyl sites for hydroxylation is 4. The maximum atomic E-state index is 6.62. The standard InChI is InChI=1S/C42H40N4O.Pd/c1-25(2)31-21-32(46-42(26(3)4)41(30(8)44-46)40-28(6)12-11-13-29(40)7)23-34(22-31)47-33-16-17-36-35-14-9-10-15-37(35)45(38(36)24-33)39-20-27(5)18-19-43-39;/h9-22,25-26H,1-8H3;/q-2;+2. The van der Waals surface area contributed by atoms with Crippen LogP contribution in [-0.2, 0) is 20.4 Å². The molecule has 0 N–H and O–H groups in total. The third kappa shape index (κ3) is 5.89. The van der Waals surface area contributed by atoms with Crippen LogP contribution in [0.1, 0.15) is 73.2 Å². The largest absolute Gasteiger partial charge is 2.00 e. The van der Waals surface area contributed by atoms with E-state index >= 15 is 0 Å². The molecule has 0 saturated carbocycles. The summed E-state index contributed by atoms with van der Waals surface area (Å²) in [6.45, 7) is 17.4. The Hall–Kier alpha value is -4.50. The molecule has 3 heterocycles. The Balaban J connectivity index is 0.00000401. The molecule has 0 aliphatic rings. The SMILES string of the molecule is Cc1ccnc(-n2c3[c-]c(Oc4[c-]c(-n5nc(C)c(-c6c(C)cccc6C)c5C(C)C)cc(C(C)C)c4)ccc3c3ccccc32)c1.[Pd+2]. The Labute approximate surface area is 297 Å². The summed E-state index contributed by atoms with van der Waals surface area (Å²) < 4.78 is 10.9. The van der Waals surface area contributed by atoms with E-state index in [1.54, 1.807) is 0 Å². The molecule has 4 aromatic carbocycles. The molecule has 244 valence electrons. The van der Waals surface area contributed by atoms with Crippen molar-refractivity contribution in [2.24, 2.45) is 0 Å². The number of benzene rings is 4. The van der Waals surface area contributed by atoms with Gasteiger partial charge in [0.1, 0.15) is 5.82 Å². The molecule has 0 aliphatic carbocycles. The molecule has 5 nitrogen and oxygen atoms in total. The summed E-state index contributed by atoms with van der Waals surface area (Å²) in [4.78, 5) is 4.72. The van der Waals surface area contributed by atoms with Crippen LogP contribution in [0.4, 0.5) is 0 Å². The van der Waals surface area contributed by atoms with Crippen molar-refractivity contribution in [3.63, 3.8) is 0 Å². The molecule has 7 aromatic rings. The second kappa shape index (κ2) is 13.2. The number of nitrogens with zero attached hydrogens (tertiary/aromatic N) is 4. The van der Waals surface area contributed by atoms with Gasteiger partial charge in [0, 0.05) is 28.8 Å². The Morgan fingerprint density at radius 3 is 2.17 bits per heavy atom. The molecule has 0 spiro atoms. The molecule has 7 rings (SSSR count). The van der Waals surface area contributed by atoms with Crippen LogP contribution in [0.15, 0.2) is 85.1 Å². The number of fused-ring (bicyclic) bond motifs is 3. The van der Waals surface area contributed by atoms with Gasteiger partial charge in [0.05, 0.1) is 11.4 Å². The number of aromatic nitrogens is 4. The molecular weight excluding hydrogens is 683 g/mol. The molecule has 0 atom stereocenters. The first-order valence-electron chi connectivity index (χ1n) is 16.4. The summed E-state index contributed by atoms with van der Waals surface area (Å²) in [6, 6.07) is 34.6. The van der Waals surface area contributed by atoms with Gasteiger partial charge < -0.3 is 9.30 Å². The fourth-order valence-electron chi connectivity index (χ4n) is 6.76. The van der Waals surface area contributed by atoms with Gasteiger partial charge in [0.25, 0.3) is 0 Å². The maximum absolute atomic E-state index is 6.62. The zero-order valence-electron chi connectivity index (χ0n) is 28.8. The first kappa shape index (κ1) is 33.4. The number of rotatable bonds is 7. The second-order valence-corrected chi connectivity index (χ2v) is 13.2. The monoisotopic (exact) mass is 722 g/mol. The number of para-hydroxylation sites is 1. The minimum Gasteiger partial charge on any atom is -0.509 e.